The summed E-state index contributed by atoms with van der Waals surface area (Å²) in [6, 6.07) is 0. The molecule has 0 saturated heterocycles. The maximum absolute atomic E-state index is 9.47. The lowest BCUT2D eigenvalue weighted by Gasteiger charge is -1.82. The van der Waals surface area contributed by atoms with Crippen molar-refractivity contribution in [2.24, 2.45) is 0 Å². The molecule has 0 radical (unpaired) electrons. The lowest BCUT2D eigenvalue weighted by atomic mass is 15.9. The highest BCUT2D eigenvalue weighted by Gasteiger charge is 1.44. The van der Waals surface area contributed by atoms with Crippen molar-refractivity contribution in [3.05, 3.63) is 0 Å². The summed E-state index contributed by atoms with van der Waals surface area (Å²) in [7, 11) is -1.57. The van der Waals surface area contributed by atoms with Crippen LogP contribution in [0.3, 0.4) is 0 Å². The molecule has 0 aliphatic heterocycles. The molecule has 0 heterocycles. The molecular weight excluding hydrogens is 176 g/mol. The summed E-state index contributed by atoms with van der Waals surface area (Å²) < 4.78 is 13.3. The first kappa shape index (κ1) is 5.81. The van der Waals surface area contributed by atoms with E-state index < -0.39 is 9.64 Å². The van der Waals surface area contributed by atoms with Crippen LogP contribution in [-0.2, 0) is 28.3 Å². The maximum Gasteiger partial charge on any atom is 0.0781 e. The molecule has 0 aromatic heterocycles. The van der Waals surface area contributed by atoms with Crippen LogP contribution in [0.25, 0.3) is 0 Å². The average molecular weight is 176 g/mol. The van der Waals surface area contributed by atoms with E-state index in [4.69, 9.17) is 0 Å². The van der Waals surface area contributed by atoms with Crippen LogP contribution in [0, 0.1) is 0 Å². The molecular formula is BrO2S2-. The Kier molecular flexibility index (Phi) is 3.51. The average Bonchev–Trinajstić information content (AvgIpc) is 1.38. The van der Waals surface area contributed by atoms with Crippen LogP contribution in [-0.4, -0.2) is 0 Å². The minimum absolute atomic E-state index is 1.57. The van der Waals surface area contributed by atoms with Crippen molar-refractivity contribution in [3.63, 3.8) is 0 Å². The fourth-order valence-electron chi connectivity index (χ4n) is 0. The van der Waals surface area contributed by atoms with Gasteiger partial charge in [0.2, 0.25) is 0 Å². The van der Waals surface area contributed by atoms with Crippen molar-refractivity contribution >= 4 is 37.1 Å². The van der Waals surface area contributed by atoms with E-state index in [2.05, 4.69) is 30.7 Å². The highest BCUT2D eigenvalue weighted by molar-refractivity contribution is 9.07. The molecule has 0 aliphatic rings. The van der Waals surface area contributed by atoms with E-state index in [1.54, 1.807) is 0 Å². The van der Waals surface area contributed by atoms with Crippen molar-refractivity contribution in [3.8, 4) is 0 Å². The van der Waals surface area contributed by atoms with Gasteiger partial charge in [-0.2, -0.15) is 0 Å². The van der Waals surface area contributed by atoms with E-state index >= 15 is 0 Å². The first-order valence-electron chi connectivity index (χ1n) is 0.654. The van der Waals surface area contributed by atoms with Gasteiger partial charge in [0.25, 0.3) is 0 Å². The van der Waals surface area contributed by atoms with Crippen molar-refractivity contribution in [1.82, 2.24) is 0 Å². The zero-order valence-electron chi connectivity index (χ0n) is 2.01. The van der Waals surface area contributed by atoms with Crippen LogP contribution in [0.1, 0.15) is 0 Å². The Bertz CT molecular complexity index is 65.7. The summed E-state index contributed by atoms with van der Waals surface area (Å²) in [6.07, 6.45) is 0. The third-order valence-electron chi connectivity index (χ3n) is 0.0514. The molecule has 0 aliphatic carbocycles. The number of hydrogen-bond acceptors (Lipinski definition) is 4. The van der Waals surface area contributed by atoms with Gasteiger partial charge in [0.05, 0.1) is 16.3 Å². The van der Waals surface area contributed by atoms with E-state index in [1.807, 2.05) is 0 Å². The molecule has 5 heavy (non-hydrogen) atoms. The Morgan fingerprint density at radius 3 is 2.20 bits per heavy atom. The number of hydrogen-bond donors (Lipinski definition) is 0. The molecule has 32 valence electrons. The van der Waals surface area contributed by atoms with Gasteiger partial charge in [-0.1, -0.05) is 9.64 Å². The monoisotopic (exact) mass is 175 g/mol. The van der Waals surface area contributed by atoms with E-state index in [-0.39, 0.29) is 0 Å². The van der Waals surface area contributed by atoms with Crippen LogP contribution >= 0.6 is 16.3 Å². The molecule has 0 amide bonds. The van der Waals surface area contributed by atoms with Gasteiger partial charge in [0.1, 0.15) is 0 Å². The van der Waals surface area contributed by atoms with Gasteiger partial charge >= 0.3 is 0 Å². The fourth-order valence-corrected chi connectivity index (χ4v) is 0. The van der Waals surface area contributed by atoms with E-state index in [1.165, 1.54) is 0 Å². The second-order valence-electron chi connectivity index (χ2n) is 0.267. The molecule has 0 saturated carbocycles. The van der Waals surface area contributed by atoms with Gasteiger partial charge in [-0.15, -0.1) is 0 Å². The number of halogens is 1. The number of rotatable bonds is 1. The first-order chi connectivity index (χ1) is 2.27. The van der Waals surface area contributed by atoms with Gasteiger partial charge < -0.3 is 7.48 Å². The maximum atomic E-state index is 9.47. The minimum Gasteiger partial charge on any atom is -0.424 e. The van der Waals surface area contributed by atoms with Crippen molar-refractivity contribution in [2.45, 2.75) is 0 Å². The predicted molar refractivity (Wildman–Crippen MR) is 25.4 cm³/mol. The van der Waals surface area contributed by atoms with Gasteiger partial charge in [-0.05, 0) is 0 Å². The van der Waals surface area contributed by atoms with Gasteiger partial charge in [-0.25, -0.2) is 11.2 Å². The zero-order valence-corrected chi connectivity index (χ0v) is 5.23. The summed E-state index contributed by atoms with van der Waals surface area (Å²) in [5.74, 6) is 0. The normalized spacial score (nSPS) is 9.20. The Hall–Kier alpha value is 0.810. The van der Waals surface area contributed by atoms with Crippen LogP contribution < -0.4 is 0 Å². The lowest BCUT2D eigenvalue weighted by molar-refractivity contribution is 0.568. The quantitative estimate of drug-likeness (QED) is 0.549. The van der Waals surface area contributed by atoms with E-state index in [0.29, 0.717) is 0 Å². The van der Waals surface area contributed by atoms with Gasteiger partial charge in [-0.3, -0.25) is 0 Å². The zero-order chi connectivity index (χ0) is 4.28. The smallest absolute Gasteiger partial charge is 0.0781 e. The molecule has 0 unspecified atom stereocenters. The Labute approximate surface area is 44.9 Å². The molecule has 0 aromatic carbocycles. The molecule has 0 fully saturated rings. The molecule has 2 nitrogen and oxygen atoms in total. The third-order valence-corrected chi connectivity index (χ3v) is 1.60. The molecule has 0 rings (SSSR count). The SMILES string of the molecule is O=[S-](=S)OBr. The van der Waals surface area contributed by atoms with Gasteiger partial charge in [0, 0.05) is 0 Å². The van der Waals surface area contributed by atoms with Crippen LogP contribution in [0.4, 0.5) is 0 Å². The third kappa shape index (κ3) is 4.81. The van der Waals surface area contributed by atoms with E-state index in [0.717, 1.165) is 0 Å². The second-order valence-corrected chi connectivity index (χ2v) is 2.41. The molecule has 0 bridgehead atoms. The fraction of sp³-hybridized carbons (Fsp3) is 0. The molecule has 0 N–H and O–H groups in total. The second kappa shape index (κ2) is 3.02. The van der Waals surface area contributed by atoms with Crippen LogP contribution in [0.5, 0.6) is 0 Å². The summed E-state index contributed by atoms with van der Waals surface area (Å²) in [5, 5.41) is 0. The summed E-state index contributed by atoms with van der Waals surface area (Å²) in [5.41, 5.74) is 0. The Morgan fingerprint density at radius 2 is 2.20 bits per heavy atom. The predicted octanol–water partition coefficient (Wildman–Crippen LogP) is 0.654. The first-order valence-corrected chi connectivity index (χ1v) is 3.30. The molecule has 0 atom stereocenters. The van der Waals surface area contributed by atoms with Crippen LogP contribution in [0.2, 0.25) is 0 Å². The van der Waals surface area contributed by atoms with Crippen molar-refractivity contribution < 1.29 is 7.48 Å². The van der Waals surface area contributed by atoms with Crippen molar-refractivity contribution in [1.29, 1.82) is 0 Å². The highest BCUT2D eigenvalue weighted by atomic mass is 79.9. The minimum atomic E-state index is -1.57. The molecule has 5 heteroatoms. The van der Waals surface area contributed by atoms with E-state index in [9.17, 15) is 4.21 Å². The standard InChI is InChI=1S/BrO2S2/c1-3-5(2)4/q-1. The van der Waals surface area contributed by atoms with Gasteiger partial charge in [0.15, 0.2) is 0 Å². The Morgan fingerprint density at radius 1 is 2.00 bits per heavy atom. The lowest BCUT2D eigenvalue weighted by Crippen LogP contribution is -1.58. The summed E-state index contributed by atoms with van der Waals surface area (Å²) in [6.45, 7) is 0. The summed E-state index contributed by atoms with van der Waals surface area (Å²) >= 11 is 6.39. The molecule has 0 spiro atoms. The van der Waals surface area contributed by atoms with Crippen molar-refractivity contribution in [2.75, 3.05) is 0 Å². The largest absolute Gasteiger partial charge is 0.424 e. The summed E-state index contributed by atoms with van der Waals surface area (Å²) in [4.78, 5) is 0. The topological polar surface area (TPSA) is 26.3 Å². The molecule has 0 aromatic rings. The Balaban J connectivity index is 3.23. The van der Waals surface area contributed by atoms with Crippen LogP contribution in [0.15, 0.2) is 0 Å². The highest BCUT2D eigenvalue weighted by Crippen LogP contribution is 1.79.